The van der Waals surface area contributed by atoms with E-state index in [2.05, 4.69) is 0 Å². The Labute approximate surface area is 53.6 Å². The van der Waals surface area contributed by atoms with Gasteiger partial charge in [0.2, 0.25) is 0 Å². The first kappa shape index (κ1) is 29.1. The zero-order valence-corrected chi connectivity index (χ0v) is 6.63. The molecule has 0 unspecified atom stereocenters. The second-order valence-corrected chi connectivity index (χ2v) is 0.283. The minimum atomic E-state index is -1.83. The van der Waals surface area contributed by atoms with E-state index in [0.717, 1.165) is 0 Å². The third-order valence-electron chi connectivity index (χ3n) is 0. The molecule has 0 aromatic carbocycles. The van der Waals surface area contributed by atoms with E-state index in [1.54, 1.807) is 0 Å². The molecule has 0 rings (SSSR count). The average molecular weight is 159 g/mol. The zero-order chi connectivity index (χ0) is 3.58. The van der Waals surface area contributed by atoms with Crippen molar-refractivity contribution in [2.24, 2.45) is 0 Å². The second kappa shape index (κ2) is 17.0. The Hall–Kier alpha value is -0.187. The van der Waals surface area contributed by atoms with E-state index in [-0.39, 0.29) is 31.8 Å². The van der Waals surface area contributed by atoms with Crippen LogP contribution in [0.1, 0.15) is 0 Å². The molecule has 0 atom stereocenters. The monoisotopic (exact) mass is 158 g/mol. The molecule has 0 saturated carbocycles. The molecular formula is CH6N2O3Zn. The van der Waals surface area contributed by atoms with E-state index in [9.17, 15) is 0 Å². The molecule has 6 N–H and O–H groups in total. The van der Waals surface area contributed by atoms with Gasteiger partial charge in [0.15, 0.2) is 0 Å². The van der Waals surface area contributed by atoms with E-state index < -0.39 is 6.16 Å². The third-order valence-corrected chi connectivity index (χ3v) is 0. The van der Waals surface area contributed by atoms with E-state index >= 15 is 0 Å². The van der Waals surface area contributed by atoms with Gasteiger partial charge < -0.3 is 22.5 Å². The van der Waals surface area contributed by atoms with Crippen LogP contribution in [0.15, 0.2) is 0 Å². The Balaban J connectivity index is -0.0000000150. The minimum Gasteiger partial charge on any atom is -0.693 e. The average Bonchev–Trinajstić information content (AvgIpc) is 0.811. The van der Waals surface area contributed by atoms with Gasteiger partial charge in [0.1, 0.15) is 0 Å². The first-order valence-corrected chi connectivity index (χ1v) is 0.651. The Morgan fingerprint density at radius 2 is 1.14 bits per heavy atom. The van der Waals surface area contributed by atoms with E-state index in [4.69, 9.17) is 15.0 Å². The maximum atomic E-state index is 8.56. The molecule has 0 saturated heterocycles. The van der Waals surface area contributed by atoms with Gasteiger partial charge in [-0.05, 0) is 0 Å². The molecule has 40 valence electrons. The fourth-order valence-corrected chi connectivity index (χ4v) is 0. The fraction of sp³-hybridized carbons (Fsp3) is 0. The normalized spacial score (nSPS) is 3.43. The molecule has 7 heavy (non-hydrogen) atoms. The van der Waals surface area contributed by atoms with Crippen LogP contribution in [0.2, 0.25) is 0 Å². The molecule has 0 bridgehead atoms. The number of carbonyl (C=O) groups is 1. The van der Waals surface area contributed by atoms with Crippen LogP contribution in [0.3, 0.4) is 0 Å². The van der Waals surface area contributed by atoms with Gasteiger partial charge in [0.25, 0.3) is 0 Å². The standard InChI is InChI=1S/CH2O3.2H2N.Zn/c2-1(3)4;;;/h(H2,2,3,4);2*1H2;/q;2*-1;+2. The predicted molar refractivity (Wildman–Crippen MR) is 21.2 cm³/mol. The van der Waals surface area contributed by atoms with Crippen molar-refractivity contribution in [2.45, 2.75) is 0 Å². The molecule has 5 nitrogen and oxygen atoms in total. The van der Waals surface area contributed by atoms with Gasteiger partial charge in [-0.25, -0.2) is 4.79 Å². The summed E-state index contributed by atoms with van der Waals surface area (Å²) in [6.07, 6.45) is -1.83. The molecule has 0 amide bonds. The number of nitrogens with two attached hydrogens (primary N) is 2. The van der Waals surface area contributed by atoms with Gasteiger partial charge in [-0.1, -0.05) is 0 Å². The van der Waals surface area contributed by atoms with Gasteiger partial charge in [-0.15, -0.1) is 0 Å². The third kappa shape index (κ3) is 2430. The number of carboxylic acid groups (broad SMARTS) is 2. The maximum Gasteiger partial charge on any atom is 2.00 e. The molecular weight excluding hydrogens is 153 g/mol. The summed E-state index contributed by atoms with van der Waals surface area (Å²) in [4.78, 5) is 8.56. The molecule has 0 radical (unpaired) electrons. The van der Waals surface area contributed by atoms with Gasteiger partial charge in [0.05, 0.1) is 0 Å². The maximum absolute atomic E-state index is 8.56. The van der Waals surface area contributed by atoms with Gasteiger partial charge in [0, 0.05) is 0 Å². The van der Waals surface area contributed by atoms with Crippen molar-refractivity contribution in [1.82, 2.24) is 0 Å². The smallest absolute Gasteiger partial charge is 0.693 e. The Bertz CT molecular complexity index is 35.9. The largest absolute Gasteiger partial charge is 2.00 e. The summed E-state index contributed by atoms with van der Waals surface area (Å²) in [5, 5.41) is 13.9. The predicted octanol–water partition coefficient (Wildman–Crippen LogP) is 1.65. The van der Waals surface area contributed by atoms with Gasteiger partial charge in [-0.3, -0.25) is 0 Å². The zero-order valence-electron chi connectivity index (χ0n) is 3.66. The van der Waals surface area contributed by atoms with Gasteiger partial charge >= 0.3 is 25.6 Å². The van der Waals surface area contributed by atoms with E-state index in [0.29, 0.717) is 0 Å². The van der Waals surface area contributed by atoms with Crippen molar-refractivity contribution in [3.8, 4) is 0 Å². The first-order valence-electron chi connectivity index (χ1n) is 0.651. The Morgan fingerprint density at radius 3 is 1.14 bits per heavy atom. The molecule has 0 aliphatic heterocycles. The molecule has 0 aromatic heterocycles. The first-order chi connectivity index (χ1) is 1.73. The summed E-state index contributed by atoms with van der Waals surface area (Å²) in [7, 11) is 0. The van der Waals surface area contributed by atoms with Crippen LogP contribution in [0, 0.1) is 0 Å². The summed E-state index contributed by atoms with van der Waals surface area (Å²) in [6.45, 7) is 0. The molecule has 0 aliphatic carbocycles. The van der Waals surface area contributed by atoms with Crippen LogP contribution in [0.4, 0.5) is 4.79 Å². The molecule has 0 aliphatic rings. The number of hydrogen-bond donors (Lipinski definition) is 2. The van der Waals surface area contributed by atoms with Crippen LogP contribution in [-0.4, -0.2) is 16.4 Å². The topological polar surface area (TPSA) is 125 Å². The van der Waals surface area contributed by atoms with Crippen LogP contribution in [-0.2, 0) is 19.5 Å². The second-order valence-electron chi connectivity index (χ2n) is 0.283. The summed E-state index contributed by atoms with van der Waals surface area (Å²) in [5.74, 6) is 0. The molecule has 0 spiro atoms. The number of hydrogen-bond acceptors (Lipinski definition) is 1. The van der Waals surface area contributed by atoms with Crippen LogP contribution >= 0.6 is 0 Å². The SMILES string of the molecule is O=C(O)O.[NH2-].[NH2-].[Zn+2]. The molecule has 0 fully saturated rings. The van der Waals surface area contributed by atoms with Crippen molar-refractivity contribution in [3.05, 3.63) is 12.3 Å². The molecule has 0 heterocycles. The Kier molecular flexibility index (Phi) is 70.7. The minimum absolute atomic E-state index is 0. The summed E-state index contributed by atoms with van der Waals surface area (Å²) >= 11 is 0. The van der Waals surface area contributed by atoms with Crippen molar-refractivity contribution in [3.63, 3.8) is 0 Å². The fourth-order valence-electron chi connectivity index (χ4n) is 0. The summed E-state index contributed by atoms with van der Waals surface area (Å²) < 4.78 is 0. The van der Waals surface area contributed by atoms with Crippen molar-refractivity contribution < 1.29 is 34.5 Å². The van der Waals surface area contributed by atoms with E-state index in [1.807, 2.05) is 0 Å². The van der Waals surface area contributed by atoms with E-state index in [1.165, 1.54) is 0 Å². The molecule has 6 heteroatoms. The van der Waals surface area contributed by atoms with Crippen LogP contribution in [0.25, 0.3) is 12.3 Å². The van der Waals surface area contributed by atoms with Crippen molar-refractivity contribution >= 4 is 6.16 Å². The van der Waals surface area contributed by atoms with Gasteiger partial charge in [-0.2, -0.15) is 0 Å². The Morgan fingerprint density at radius 1 is 1.14 bits per heavy atom. The summed E-state index contributed by atoms with van der Waals surface area (Å²) in [5.41, 5.74) is 0. The van der Waals surface area contributed by atoms with Crippen LogP contribution < -0.4 is 0 Å². The van der Waals surface area contributed by atoms with Crippen molar-refractivity contribution in [2.75, 3.05) is 0 Å². The number of rotatable bonds is 0. The quantitative estimate of drug-likeness (QED) is 0.522. The van der Waals surface area contributed by atoms with Crippen molar-refractivity contribution in [1.29, 1.82) is 0 Å². The summed E-state index contributed by atoms with van der Waals surface area (Å²) in [6, 6.07) is 0. The molecule has 0 aromatic rings. The van der Waals surface area contributed by atoms with Crippen LogP contribution in [0.5, 0.6) is 0 Å².